The largest absolute Gasteiger partial charge is 0.463 e. The van der Waals surface area contributed by atoms with Gasteiger partial charge in [0.2, 0.25) is 0 Å². The molecule has 2 fully saturated rings. The van der Waals surface area contributed by atoms with Gasteiger partial charge in [-0.05, 0) is 56.0 Å². The van der Waals surface area contributed by atoms with Gasteiger partial charge in [0.1, 0.15) is 5.82 Å². The number of imide groups is 1. The van der Waals surface area contributed by atoms with E-state index in [1.807, 2.05) is 19.1 Å². The van der Waals surface area contributed by atoms with E-state index in [9.17, 15) is 18.8 Å². The average molecular weight is 529 g/mol. The van der Waals surface area contributed by atoms with Crippen LogP contribution < -0.4 is 0 Å². The van der Waals surface area contributed by atoms with Gasteiger partial charge >= 0.3 is 5.97 Å². The second kappa shape index (κ2) is 12.3. The van der Waals surface area contributed by atoms with Gasteiger partial charge in [-0.15, -0.1) is 0 Å². The lowest BCUT2D eigenvalue weighted by atomic mass is 9.23. The molecule has 2 saturated heterocycles. The molecular weight excluding hydrogens is 492 g/mol. The summed E-state index contributed by atoms with van der Waals surface area (Å²) in [4.78, 5) is 40.1. The number of ether oxygens (including phenoxy) is 1. The molecule has 3 aliphatic rings. The van der Waals surface area contributed by atoms with Crippen molar-refractivity contribution < 1.29 is 23.5 Å². The van der Waals surface area contributed by atoms with Gasteiger partial charge in [0.25, 0.3) is 11.8 Å². The average Bonchev–Trinajstić information content (AvgIpc) is 3.17. The summed E-state index contributed by atoms with van der Waals surface area (Å²) < 4.78 is 19.5. The molecule has 5 nitrogen and oxygen atoms in total. The van der Waals surface area contributed by atoms with Gasteiger partial charge < -0.3 is 4.74 Å². The van der Waals surface area contributed by atoms with Crippen molar-refractivity contribution in [3.63, 3.8) is 0 Å². The number of hydrogen-bond acceptors (Lipinski definition) is 4. The number of carbonyl (C=O) groups excluding carboxylic acids is 3. The predicted molar refractivity (Wildman–Crippen MR) is 151 cm³/mol. The first-order chi connectivity index (χ1) is 19.0. The van der Waals surface area contributed by atoms with E-state index < -0.39 is 0 Å². The van der Waals surface area contributed by atoms with Gasteiger partial charge in [0, 0.05) is 12.1 Å². The predicted octanol–water partition coefficient (Wildman–Crippen LogP) is 7.14. The Morgan fingerprint density at radius 3 is 2.05 bits per heavy atom. The van der Waals surface area contributed by atoms with Crippen LogP contribution in [0.3, 0.4) is 0 Å². The Morgan fingerprint density at radius 2 is 1.49 bits per heavy atom. The van der Waals surface area contributed by atoms with E-state index in [0.717, 1.165) is 23.9 Å². The summed E-state index contributed by atoms with van der Waals surface area (Å²) >= 11 is 0. The maximum atomic E-state index is 13.9. The highest BCUT2D eigenvalue weighted by atomic mass is 19.1. The first-order valence-corrected chi connectivity index (χ1v) is 14.6. The summed E-state index contributed by atoms with van der Waals surface area (Å²) in [7, 11) is 0. The molecule has 204 valence electrons. The maximum absolute atomic E-state index is 13.9. The lowest BCUT2D eigenvalue weighted by Crippen LogP contribution is -2.37. The number of benzene rings is 2. The zero-order valence-electron chi connectivity index (χ0n) is 22.8. The topological polar surface area (TPSA) is 63.7 Å². The third-order valence-corrected chi connectivity index (χ3v) is 8.84. The second-order valence-electron chi connectivity index (χ2n) is 11.1. The zero-order chi connectivity index (χ0) is 27.4. The normalized spacial score (nSPS) is 21.1. The van der Waals surface area contributed by atoms with Crippen molar-refractivity contribution in [2.45, 2.75) is 82.8 Å². The first-order valence-electron chi connectivity index (χ1n) is 14.6. The van der Waals surface area contributed by atoms with Crippen LogP contribution in [0.2, 0.25) is 11.6 Å². The molecule has 0 aromatic heterocycles. The molecule has 3 heterocycles. The van der Waals surface area contributed by atoms with Crippen molar-refractivity contribution in [3.8, 4) is 0 Å². The third kappa shape index (κ3) is 5.73. The van der Waals surface area contributed by atoms with E-state index in [2.05, 4.69) is 0 Å². The van der Waals surface area contributed by atoms with E-state index in [1.165, 1.54) is 55.6 Å². The third-order valence-electron chi connectivity index (χ3n) is 8.84. The number of rotatable bonds is 10. The van der Waals surface area contributed by atoms with Gasteiger partial charge in [-0.2, -0.15) is 0 Å². The van der Waals surface area contributed by atoms with Crippen LogP contribution in [-0.4, -0.2) is 42.5 Å². The molecule has 3 aliphatic heterocycles. The highest BCUT2D eigenvalue weighted by Gasteiger charge is 2.43. The van der Waals surface area contributed by atoms with Crippen LogP contribution >= 0.6 is 0 Å². The molecule has 5 rings (SSSR count). The molecule has 0 spiro atoms. The van der Waals surface area contributed by atoms with Crippen LogP contribution in [0.1, 0.15) is 97.4 Å². The molecule has 7 heteroatoms. The van der Waals surface area contributed by atoms with E-state index in [0.29, 0.717) is 54.3 Å². The molecule has 2 amide bonds. The Hall–Kier alpha value is -3.22. The molecule has 0 N–H and O–H groups in total. The van der Waals surface area contributed by atoms with Gasteiger partial charge in [-0.3, -0.25) is 14.5 Å². The Morgan fingerprint density at radius 1 is 0.897 bits per heavy atom. The molecular formula is C32H37BFNO4. The number of unbranched alkanes of at least 4 members (excludes halogenated alkanes) is 2. The van der Waals surface area contributed by atoms with Crippen LogP contribution in [0.15, 0.2) is 54.1 Å². The van der Waals surface area contributed by atoms with Crippen molar-refractivity contribution in [2.75, 3.05) is 13.2 Å². The monoisotopic (exact) mass is 529 g/mol. The summed E-state index contributed by atoms with van der Waals surface area (Å²) in [5.74, 6) is 0.0514. The Labute approximate surface area is 230 Å². The van der Waals surface area contributed by atoms with E-state index in [4.69, 9.17) is 4.74 Å². The van der Waals surface area contributed by atoms with Crippen molar-refractivity contribution in [3.05, 3.63) is 76.6 Å². The number of nitrogens with zero attached hydrogens (tertiary/aromatic N) is 1. The highest BCUT2D eigenvalue weighted by Crippen LogP contribution is 2.51. The van der Waals surface area contributed by atoms with Gasteiger partial charge in [-0.25, -0.2) is 9.18 Å². The standard InChI is InChI=1S/C32H37BFNO4/c1-2-39-32(38)28(16-4-3-7-21-35-30(36)26-14-5-6-15-27(26)31(35)37)29(22-17-19-25(34)20-18-22)33-23-10-8-11-24(33)13-9-12-23/h5-6,14-15,17-20,23-24H,2-4,7-13,16,21H2,1H3/b29-28+. The summed E-state index contributed by atoms with van der Waals surface area (Å²) in [6.07, 6.45) is 9.87. The molecule has 2 aromatic rings. The van der Waals surface area contributed by atoms with Crippen molar-refractivity contribution >= 4 is 30.0 Å². The SMILES string of the molecule is CCOC(=O)/C(CCCCCN1C(=O)c2ccccc2C1=O)=C(/B1C2CCCC1CCC2)c1ccc(F)cc1. The van der Waals surface area contributed by atoms with Gasteiger partial charge in [0.05, 0.1) is 17.7 Å². The van der Waals surface area contributed by atoms with Crippen LogP contribution in [0.5, 0.6) is 0 Å². The number of amides is 2. The van der Waals surface area contributed by atoms with Crippen LogP contribution in [0, 0.1) is 5.82 Å². The second-order valence-corrected chi connectivity index (χ2v) is 11.1. The minimum atomic E-state index is -0.284. The fourth-order valence-corrected chi connectivity index (χ4v) is 7.10. The first kappa shape index (κ1) is 27.4. The molecule has 2 bridgehead atoms. The fourth-order valence-electron chi connectivity index (χ4n) is 7.10. The van der Waals surface area contributed by atoms with Crippen molar-refractivity contribution in [1.82, 2.24) is 4.90 Å². The molecule has 0 atom stereocenters. The zero-order valence-corrected chi connectivity index (χ0v) is 22.8. The van der Waals surface area contributed by atoms with E-state index in [1.54, 1.807) is 24.3 Å². The van der Waals surface area contributed by atoms with E-state index in [-0.39, 0.29) is 30.3 Å². The van der Waals surface area contributed by atoms with Crippen LogP contribution in [0.4, 0.5) is 4.39 Å². The van der Waals surface area contributed by atoms with Gasteiger partial charge in [-0.1, -0.05) is 86.3 Å². The molecule has 39 heavy (non-hydrogen) atoms. The Kier molecular flexibility index (Phi) is 8.64. The Balaban J connectivity index is 1.35. The smallest absolute Gasteiger partial charge is 0.333 e. The molecule has 0 radical (unpaired) electrons. The summed E-state index contributed by atoms with van der Waals surface area (Å²) in [6, 6.07) is 13.5. The Bertz CT molecular complexity index is 1200. The number of carbonyl (C=O) groups is 3. The number of fused-ring (bicyclic) bond motifs is 3. The van der Waals surface area contributed by atoms with Crippen LogP contribution in [-0.2, 0) is 9.53 Å². The van der Waals surface area contributed by atoms with E-state index >= 15 is 0 Å². The van der Waals surface area contributed by atoms with Crippen molar-refractivity contribution in [1.29, 1.82) is 0 Å². The molecule has 0 unspecified atom stereocenters. The number of esters is 1. The molecule has 2 aromatic carbocycles. The minimum absolute atomic E-state index is 0.231. The maximum Gasteiger partial charge on any atom is 0.333 e. The minimum Gasteiger partial charge on any atom is -0.463 e. The number of halogens is 1. The molecule has 0 saturated carbocycles. The van der Waals surface area contributed by atoms with Gasteiger partial charge in [0.15, 0.2) is 6.71 Å². The lowest BCUT2D eigenvalue weighted by Gasteiger charge is -2.42. The quantitative estimate of drug-likeness (QED) is 0.108. The molecule has 0 aliphatic carbocycles. The number of hydrogen-bond donors (Lipinski definition) is 0. The highest BCUT2D eigenvalue weighted by molar-refractivity contribution is 6.82. The summed E-state index contributed by atoms with van der Waals surface area (Å²) in [6.45, 7) is 2.78. The lowest BCUT2D eigenvalue weighted by molar-refractivity contribution is -0.138. The fraction of sp³-hybridized carbons (Fsp3) is 0.469. The van der Waals surface area contributed by atoms with Crippen LogP contribution in [0.25, 0.3) is 5.47 Å². The summed E-state index contributed by atoms with van der Waals surface area (Å²) in [5.41, 5.74) is 3.64. The summed E-state index contributed by atoms with van der Waals surface area (Å²) in [5, 5.41) is 0. The van der Waals surface area contributed by atoms with Crippen molar-refractivity contribution in [2.24, 2.45) is 0 Å².